The zero-order chi connectivity index (χ0) is 29.4. The highest BCUT2D eigenvalue weighted by atomic mass is 35.5. The van der Waals surface area contributed by atoms with Crippen LogP contribution in [0, 0.1) is 0 Å². The molecule has 1 N–H and O–H groups in total. The lowest BCUT2D eigenvalue weighted by molar-refractivity contribution is -0.119. The molecule has 0 saturated carbocycles. The number of nitrogens with zero attached hydrogens (tertiary/aromatic N) is 1. The summed E-state index contributed by atoms with van der Waals surface area (Å²) in [5, 5.41) is 2.53. The summed E-state index contributed by atoms with van der Waals surface area (Å²) in [6.45, 7) is -0.576. The lowest BCUT2D eigenvalue weighted by atomic mass is 10.2. The number of rotatable bonds is 11. The number of carbonyl (C=O) groups is 2. The molecule has 9 nitrogen and oxygen atoms in total. The first-order valence-corrected chi connectivity index (χ1v) is 14.1. The minimum Gasteiger partial charge on any atom is -0.497 e. The van der Waals surface area contributed by atoms with Gasteiger partial charge in [-0.05, 0) is 72.3 Å². The summed E-state index contributed by atoms with van der Waals surface area (Å²) in [7, 11) is -1.23. The Labute approximate surface area is 243 Å². The number of carbonyl (C=O) groups excluding carboxylic acids is 2. The van der Waals surface area contributed by atoms with Gasteiger partial charge in [-0.25, -0.2) is 13.2 Å². The van der Waals surface area contributed by atoms with Crippen LogP contribution < -0.4 is 19.1 Å². The van der Waals surface area contributed by atoms with Gasteiger partial charge < -0.3 is 19.5 Å². The number of hydrogen-bond donors (Lipinski definition) is 1. The zero-order valence-electron chi connectivity index (χ0n) is 22.2. The minimum atomic E-state index is -4.27. The van der Waals surface area contributed by atoms with Crippen molar-refractivity contribution in [1.29, 1.82) is 0 Å². The van der Waals surface area contributed by atoms with E-state index >= 15 is 0 Å². The topological polar surface area (TPSA) is 111 Å². The molecule has 0 aliphatic carbocycles. The highest BCUT2D eigenvalue weighted by Crippen LogP contribution is 2.32. The molecule has 212 valence electrons. The van der Waals surface area contributed by atoms with Gasteiger partial charge >= 0.3 is 5.97 Å². The molecule has 0 aliphatic heterocycles. The van der Waals surface area contributed by atoms with E-state index in [2.05, 4.69) is 5.32 Å². The molecule has 0 heterocycles. The van der Waals surface area contributed by atoms with Crippen molar-refractivity contribution in [3.8, 4) is 11.5 Å². The van der Waals surface area contributed by atoms with E-state index < -0.39 is 28.5 Å². The van der Waals surface area contributed by atoms with E-state index in [9.17, 15) is 18.0 Å². The summed E-state index contributed by atoms with van der Waals surface area (Å²) >= 11 is 6.36. The summed E-state index contributed by atoms with van der Waals surface area (Å²) in [6, 6.07) is 26.0. The molecular weight excluding hydrogens is 568 g/mol. The van der Waals surface area contributed by atoms with Crippen molar-refractivity contribution in [2.45, 2.75) is 11.4 Å². The Hall–Kier alpha value is -4.54. The van der Waals surface area contributed by atoms with E-state index in [0.29, 0.717) is 22.9 Å². The maximum absolute atomic E-state index is 14.0. The molecule has 0 atom stereocenters. The second kappa shape index (κ2) is 13.2. The van der Waals surface area contributed by atoms with Gasteiger partial charge in [-0.1, -0.05) is 41.9 Å². The van der Waals surface area contributed by atoms with Crippen LogP contribution in [0.15, 0.2) is 102 Å². The monoisotopic (exact) mass is 594 g/mol. The van der Waals surface area contributed by atoms with Crippen molar-refractivity contribution in [3.63, 3.8) is 0 Å². The molecule has 0 aromatic heterocycles. The van der Waals surface area contributed by atoms with Gasteiger partial charge in [0, 0.05) is 5.69 Å². The van der Waals surface area contributed by atoms with Crippen LogP contribution in [0.3, 0.4) is 0 Å². The molecule has 0 fully saturated rings. The summed E-state index contributed by atoms with van der Waals surface area (Å²) in [6.07, 6.45) is 0. The summed E-state index contributed by atoms with van der Waals surface area (Å²) in [4.78, 5) is 24.8. The number of sulfonamides is 1. The Bertz CT molecular complexity index is 1610. The second-order valence-electron chi connectivity index (χ2n) is 8.69. The third-order valence-corrected chi connectivity index (χ3v) is 8.23. The van der Waals surface area contributed by atoms with E-state index in [4.69, 9.17) is 25.8 Å². The number of benzene rings is 4. The summed E-state index contributed by atoms with van der Waals surface area (Å²) in [5.74, 6) is -0.275. The van der Waals surface area contributed by atoms with Gasteiger partial charge in [-0.2, -0.15) is 0 Å². The van der Waals surface area contributed by atoms with Crippen LogP contribution in [0.4, 0.5) is 11.4 Å². The highest BCUT2D eigenvalue weighted by Gasteiger charge is 2.29. The van der Waals surface area contributed by atoms with Crippen molar-refractivity contribution in [2.24, 2.45) is 0 Å². The number of hydrogen-bond acceptors (Lipinski definition) is 7. The van der Waals surface area contributed by atoms with Gasteiger partial charge in [0.2, 0.25) is 0 Å². The van der Waals surface area contributed by atoms with Gasteiger partial charge in [0.25, 0.3) is 15.9 Å². The number of esters is 1. The maximum Gasteiger partial charge on any atom is 0.338 e. The Kier molecular flexibility index (Phi) is 9.49. The predicted octanol–water partition coefficient (Wildman–Crippen LogP) is 5.55. The van der Waals surface area contributed by atoms with Gasteiger partial charge in [0.05, 0.1) is 37.0 Å². The summed E-state index contributed by atoms with van der Waals surface area (Å²) < 4.78 is 44.6. The number of methoxy groups -OCH3 is 2. The lowest BCUT2D eigenvalue weighted by Crippen LogP contribution is -2.31. The van der Waals surface area contributed by atoms with Crippen LogP contribution in [0.25, 0.3) is 0 Å². The molecule has 11 heteroatoms. The smallest absolute Gasteiger partial charge is 0.338 e. The zero-order valence-corrected chi connectivity index (χ0v) is 23.8. The molecule has 0 bridgehead atoms. The van der Waals surface area contributed by atoms with Crippen molar-refractivity contribution in [2.75, 3.05) is 30.4 Å². The molecule has 0 unspecified atom stereocenters. The Morgan fingerprint density at radius 1 is 0.829 bits per heavy atom. The standard InChI is InChI=1S/C30H27ClN2O7S/c1-38-25-13-9-23(10-14-25)32-29(34)20-40-30(35)22-8-17-27(31)28(18-22)41(36,37)33(19-21-6-4-3-5-7-21)24-11-15-26(39-2)16-12-24/h3-18H,19-20H2,1-2H3,(H,32,34). The van der Waals surface area contributed by atoms with Gasteiger partial charge in [-0.15, -0.1) is 0 Å². The predicted molar refractivity (Wildman–Crippen MR) is 156 cm³/mol. The fourth-order valence-electron chi connectivity index (χ4n) is 3.85. The first-order valence-electron chi connectivity index (χ1n) is 12.3. The van der Waals surface area contributed by atoms with Gasteiger partial charge in [0.15, 0.2) is 6.61 Å². The van der Waals surface area contributed by atoms with Crippen LogP contribution >= 0.6 is 11.6 Å². The van der Waals surface area contributed by atoms with Crippen molar-refractivity contribution in [1.82, 2.24) is 0 Å². The molecule has 41 heavy (non-hydrogen) atoms. The molecule has 0 aliphatic rings. The quantitative estimate of drug-likeness (QED) is 0.227. The maximum atomic E-state index is 14.0. The largest absolute Gasteiger partial charge is 0.497 e. The van der Waals surface area contributed by atoms with Crippen LogP contribution in [-0.4, -0.2) is 41.1 Å². The molecule has 0 radical (unpaired) electrons. The lowest BCUT2D eigenvalue weighted by Gasteiger charge is -2.25. The molecule has 4 aromatic carbocycles. The Morgan fingerprint density at radius 3 is 2.05 bits per heavy atom. The molecular formula is C30H27ClN2O7S. The van der Waals surface area contributed by atoms with E-state index in [1.165, 1.54) is 30.7 Å². The molecule has 0 spiro atoms. The summed E-state index contributed by atoms with van der Waals surface area (Å²) in [5.41, 5.74) is 1.51. The van der Waals surface area contributed by atoms with Gasteiger partial charge in [-0.3, -0.25) is 9.10 Å². The van der Waals surface area contributed by atoms with Crippen molar-refractivity contribution >= 4 is 44.9 Å². The fourth-order valence-corrected chi connectivity index (χ4v) is 5.80. The van der Waals surface area contributed by atoms with Crippen LogP contribution in [0.5, 0.6) is 11.5 Å². The number of ether oxygens (including phenoxy) is 3. The van der Waals surface area contributed by atoms with E-state index in [1.54, 1.807) is 60.7 Å². The normalized spacial score (nSPS) is 10.9. The van der Waals surface area contributed by atoms with Crippen LogP contribution in [0.2, 0.25) is 5.02 Å². The first kappa shape index (κ1) is 29.4. The van der Waals surface area contributed by atoms with E-state index in [-0.39, 0.29) is 22.0 Å². The number of halogens is 1. The minimum absolute atomic E-state index is 0.00599. The molecule has 1 amide bonds. The molecule has 0 saturated heterocycles. The number of nitrogens with one attached hydrogen (secondary N) is 1. The fraction of sp³-hybridized carbons (Fsp3) is 0.133. The third kappa shape index (κ3) is 7.36. The second-order valence-corrected chi connectivity index (χ2v) is 10.9. The third-order valence-electron chi connectivity index (χ3n) is 5.97. The van der Waals surface area contributed by atoms with Crippen LogP contribution in [0.1, 0.15) is 15.9 Å². The molecule has 4 aromatic rings. The van der Waals surface area contributed by atoms with Gasteiger partial charge in [0.1, 0.15) is 16.4 Å². The molecule has 4 rings (SSSR count). The first-order chi connectivity index (χ1) is 19.7. The van der Waals surface area contributed by atoms with E-state index in [1.807, 2.05) is 18.2 Å². The highest BCUT2D eigenvalue weighted by molar-refractivity contribution is 7.93. The Balaban J connectivity index is 1.56. The average Bonchev–Trinajstić information content (AvgIpc) is 2.99. The van der Waals surface area contributed by atoms with E-state index in [0.717, 1.165) is 11.6 Å². The van der Waals surface area contributed by atoms with Crippen molar-refractivity contribution in [3.05, 3.63) is 113 Å². The van der Waals surface area contributed by atoms with Crippen LogP contribution in [-0.2, 0) is 26.1 Å². The number of anilines is 2. The SMILES string of the molecule is COc1ccc(NC(=O)COC(=O)c2ccc(Cl)c(S(=O)(=O)N(Cc3ccccc3)c3ccc(OC)cc3)c2)cc1. The number of amides is 1. The Morgan fingerprint density at radius 2 is 1.44 bits per heavy atom. The average molecular weight is 595 g/mol. The van der Waals surface area contributed by atoms with Crippen molar-refractivity contribution < 1.29 is 32.2 Å².